The first-order valence-corrected chi connectivity index (χ1v) is 7.01. The maximum absolute atomic E-state index is 11.5. The molecule has 18 heavy (non-hydrogen) atoms. The molecule has 2 rings (SSSR count). The Bertz CT molecular complexity index is 337. The van der Waals surface area contributed by atoms with E-state index in [4.69, 9.17) is 0 Å². The number of hydrogen-bond donors (Lipinski definition) is 0. The number of carbonyl (C=O) groups excluding carboxylic acids is 2. The molecule has 0 saturated carbocycles. The summed E-state index contributed by atoms with van der Waals surface area (Å²) in [6, 6.07) is 0. The number of Topliss-reactive ketones (excluding diaryl/α,β-unsaturated/α-hetero) is 2. The van der Waals surface area contributed by atoms with Crippen LogP contribution in [0.5, 0.6) is 0 Å². The first-order valence-electron chi connectivity index (χ1n) is 7.01. The van der Waals surface area contributed by atoms with Crippen LogP contribution in [-0.2, 0) is 9.59 Å². The van der Waals surface area contributed by atoms with Gasteiger partial charge in [0.2, 0.25) is 0 Å². The summed E-state index contributed by atoms with van der Waals surface area (Å²) in [7, 11) is 0. The highest BCUT2D eigenvalue weighted by molar-refractivity contribution is 5.79. The van der Waals surface area contributed by atoms with E-state index in [1.165, 1.54) is 0 Å². The largest absolute Gasteiger partial charge is 0.300 e. The standard InChI is InChI=1S/C14H25N2O2/c1-14(2,3)16(10-6-13(18)7-11-16)15-8-4-12(17)5-9-15/h4-11H2,1-3H3/q+1. The summed E-state index contributed by atoms with van der Waals surface area (Å²) in [5, 5.41) is 2.44. The topological polar surface area (TPSA) is 37.4 Å². The molecule has 0 aliphatic carbocycles. The Morgan fingerprint density at radius 3 is 1.78 bits per heavy atom. The Kier molecular flexibility index (Phi) is 3.60. The maximum atomic E-state index is 11.5. The molecule has 0 atom stereocenters. The van der Waals surface area contributed by atoms with Crippen LogP contribution in [0, 0.1) is 0 Å². The highest BCUT2D eigenvalue weighted by Crippen LogP contribution is 2.33. The molecule has 0 aromatic carbocycles. The molecule has 4 heteroatoms. The van der Waals surface area contributed by atoms with Gasteiger partial charge in [-0.1, -0.05) is 0 Å². The van der Waals surface area contributed by atoms with Gasteiger partial charge in [-0.3, -0.25) is 9.59 Å². The second kappa shape index (κ2) is 4.74. The molecular weight excluding hydrogens is 228 g/mol. The van der Waals surface area contributed by atoms with Crippen molar-refractivity contribution in [3.05, 3.63) is 0 Å². The molecule has 0 aromatic heterocycles. The van der Waals surface area contributed by atoms with Gasteiger partial charge < -0.3 is 0 Å². The highest BCUT2D eigenvalue weighted by atomic mass is 16.1. The second-order valence-electron chi connectivity index (χ2n) is 6.57. The lowest BCUT2D eigenvalue weighted by Crippen LogP contribution is -2.72. The van der Waals surface area contributed by atoms with Crippen LogP contribution in [-0.4, -0.2) is 52.9 Å². The van der Waals surface area contributed by atoms with Crippen molar-refractivity contribution in [3.8, 4) is 0 Å². The van der Waals surface area contributed by atoms with E-state index >= 15 is 0 Å². The van der Waals surface area contributed by atoms with Crippen molar-refractivity contribution in [3.63, 3.8) is 0 Å². The van der Waals surface area contributed by atoms with Crippen LogP contribution in [0.25, 0.3) is 0 Å². The van der Waals surface area contributed by atoms with E-state index in [1.54, 1.807) is 0 Å². The third-order valence-electron chi connectivity index (χ3n) is 4.61. The molecule has 2 fully saturated rings. The third-order valence-corrected chi connectivity index (χ3v) is 4.61. The van der Waals surface area contributed by atoms with Crippen molar-refractivity contribution < 1.29 is 14.2 Å². The SMILES string of the molecule is CC(C)(C)[N+]1(N2CCC(=O)CC2)CCC(=O)CC1. The Morgan fingerprint density at radius 2 is 1.33 bits per heavy atom. The lowest BCUT2D eigenvalue weighted by Gasteiger charge is -2.56. The fourth-order valence-electron chi connectivity index (χ4n) is 3.36. The fourth-order valence-corrected chi connectivity index (χ4v) is 3.36. The minimum Gasteiger partial charge on any atom is -0.300 e. The van der Waals surface area contributed by atoms with Gasteiger partial charge in [0.15, 0.2) is 0 Å². The molecule has 0 radical (unpaired) electrons. The summed E-state index contributed by atoms with van der Waals surface area (Å²) < 4.78 is 0.881. The van der Waals surface area contributed by atoms with Crippen molar-refractivity contribution in [2.45, 2.75) is 52.0 Å². The summed E-state index contributed by atoms with van der Waals surface area (Å²) in [4.78, 5) is 22.9. The van der Waals surface area contributed by atoms with Crippen molar-refractivity contribution in [2.75, 3.05) is 26.2 Å². The molecule has 0 bridgehead atoms. The van der Waals surface area contributed by atoms with Crippen molar-refractivity contribution >= 4 is 11.6 Å². The summed E-state index contributed by atoms with van der Waals surface area (Å²) in [6.07, 6.45) is 2.71. The smallest absolute Gasteiger partial charge is 0.144 e. The van der Waals surface area contributed by atoms with Crippen LogP contribution in [0.3, 0.4) is 0 Å². The van der Waals surface area contributed by atoms with Crippen molar-refractivity contribution in [1.82, 2.24) is 5.01 Å². The molecule has 0 N–H and O–H groups in total. The van der Waals surface area contributed by atoms with E-state index in [-0.39, 0.29) is 5.54 Å². The van der Waals surface area contributed by atoms with Crippen LogP contribution < -0.4 is 0 Å². The van der Waals surface area contributed by atoms with Gasteiger partial charge >= 0.3 is 0 Å². The summed E-state index contributed by atoms with van der Waals surface area (Å²) in [6.45, 7) is 10.2. The molecule has 0 aromatic rings. The van der Waals surface area contributed by atoms with E-state index in [1.807, 2.05) is 0 Å². The first kappa shape index (κ1) is 13.7. The van der Waals surface area contributed by atoms with Gasteiger partial charge in [0.25, 0.3) is 0 Å². The van der Waals surface area contributed by atoms with Crippen molar-refractivity contribution in [2.24, 2.45) is 0 Å². The Labute approximate surface area is 109 Å². The van der Waals surface area contributed by atoms with Gasteiger partial charge in [0.05, 0.1) is 25.9 Å². The third kappa shape index (κ3) is 2.36. The number of likely N-dealkylation sites (tertiary alicyclic amines) is 1. The zero-order chi connectivity index (χ0) is 13.4. The Balaban J connectivity index is 2.20. The zero-order valence-corrected chi connectivity index (χ0v) is 11.9. The average molecular weight is 253 g/mol. The van der Waals surface area contributed by atoms with Crippen LogP contribution in [0.2, 0.25) is 0 Å². The molecular formula is C14H25N2O2+. The summed E-state index contributed by atoms with van der Waals surface area (Å²) >= 11 is 0. The van der Waals surface area contributed by atoms with Gasteiger partial charge in [-0.2, -0.15) is 5.01 Å². The monoisotopic (exact) mass is 253 g/mol. The van der Waals surface area contributed by atoms with Gasteiger partial charge in [-0.15, -0.1) is 0 Å². The first-order chi connectivity index (χ1) is 8.35. The number of piperidine rings is 2. The van der Waals surface area contributed by atoms with E-state index in [9.17, 15) is 9.59 Å². The molecule has 2 aliphatic rings. The predicted octanol–water partition coefficient (Wildman–Crippen LogP) is 1.54. The number of nitrogens with zero attached hydrogens (tertiary/aromatic N) is 2. The second-order valence-corrected chi connectivity index (χ2v) is 6.57. The molecule has 0 amide bonds. The summed E-state index contributed by atoms with van der Waals surface area (Å²) in [5.41, 5.74) is 0.0983. The zero-order valence-electron chi connectivity index (χ0n) is 11.9. The average Bonchev–Trinajstić information content (AvgIpc) is 2.30. The van der Waals surface area contributed by atoms with Crippen LogP contribution in [0.4, 0.5) is 0 Å². The number of carbonyl (C=O) groups is 2. The number of ketones is 2. The van der Waals surface area contributed by atoms with E-state index in [2.05, 4.69) is 25.8 Å². The number of rotatable bonds is 1. The lowest BCUT2D eigenvalue weighted by molar-refractivity contribution is -1.07. The highest BCUT2D eigenvalue weighted by Gasteiger charge is 2.48. The molecule has 2 aliphatic heterocycles. The molecule has 2 heterocycles. The molecule has 102 valence electrons. The van der Waals surface area contributed by atoms with E-state index < -0.39 is 0 Å². The number of hydrogen-bond acceptors (Lipinski definition) is 3. The molecule has 2 saturated heterocycles. The molecule has 4 nitrogen and oxygen atoms in total. The Morgan fingerprint density at radius 1 is 0.889 bits per heavy atom. The fraction of sp³-hybridized carbons (Fsp3) is 0.857. The van der Waals surface area contributed by atoms with Gasteiger partial charge in [0, 0.05) is 12.8 Å². The lowest BCUT2D eigenvalue weighted by atomic mass is 9.97. The van der Waals surface area contributed by atoms with Crippen LogP contribution in [0.1, 0.15) is 46.5 Å². The normalized spacial score (nSPS) is 26.4. The summed E-state index contributed by atoms with van der Waals surface area (Å²) in [5.74, 6) is 0.771. The predicted molar refractivity (Wildman–Crippen MR) is 69.8 cm³/mol. The van der Waals surface area contributed by atoms with Crippen LogP contribution in [0.15, 0.2) is 0 Å². The van der Waals surface area contributed by atoms with Crippen molar-refractivity contribution in [1.29, 1.82) is 0 Å². The molecule has 0 spiro atoms. The van der Waals surface area contributed by atoms with E-state index in [0.717, 1.165) is 30.8 Å². The Hall–Kier alpha value is -0.740. The quantitative estimate of drug-likeness (QED) is 0.665. The minimum absolute atomic E-state index is 0.0983. The van der Waals surface area contributed by atoms with E-state index in [0.29, 0.717) is 37.2 Å². The molecule has 0 unspecified atom stereocenters. The van der Waals surface area contributed by atoms with Gasteiger partial charge in [0.1, 0.15) is 30.2 Å². The minimum atomic E-state index is 0.0983. The van der Waals surface area contributed by atoms with Gasteiger partial charge in [-0.25, -0.2) is 4.59 Å². The van der Waals surface area contributed by atoms with Crippen LogP contribution >= 0.6 is 0 Å². The maximum Gasteiger partial charge on any atom is 0.144 e. The van der Waals surface area contributed by atoms with Gasteiger partial charge in [-0.05, 0) is 20.8 Å². The number of quaternary nitrogens is 1.